The Hall–Kier alpha value is -1.53. The van der Waals surface area contributed by atoms with E-state index < -0.39 is 52.1 Å². The molecule has 1 fully saturated rings. The Morgan fingerprint density at radius 3 is 2.50 bits per heavy atom. The molecule has 0 saturated carbocycles. The number of benzene rings is 1. The second kappa shape index (κ2) is 21.8. The fourth-order valence-corrected chi connectivity index (χ4v) is 7.49. The topological polar surface area (TPSA) is 146 Å². The van der Waals surface area contributed by atoms with Crippen LogP contribution in [0.15, 0.2) is 36.5 Å². The van der Waals surface area contributed by atoms with Crippen LogP contribution in [0.5, 0.6) is 0 Å². The maximum atomic E-state index is 13.3. The number of carbonyl (C=O) groups is 1. The highest BCUT2D eigenvalue weighted by Gasteiger charge is 2.46. The van der Waals surface area contributed by atoms with E-state index >= 15 is 0 Å². The van der Waals surface area contributed by atoms with Gasteiger partial charge in [-0.3, -0.25) is 9.78 Å². The number of aliphatic hydroxyl groups is 3. The normalized spacial score (nSPS) is 25.1. The van der Waals surface area contributed by atoms with Gasteiger partial charge in [0.15, 0.2) is 10.4 Å². The number of nitrogens with one attached hydrogen (secondary N) is 1. The molecule has 2 heterocycles. The van der Waals surface area contributed by atoms with Crippen LogP contribution in [0.4, 0.5) is 0 Å². The lowest BCUT2D eigenvalue weighted by molar-refractivity contribution is -0.283. The summed E-state index contributed by atoms with van der Waals surface area (Å²) in [6.45, 7) is 17.6. The van der Waals surface area contributed by atoms with Gasteiger partial charge in [0.1, 0.15) is 17.8 Å². The minimum absolute atomic E-state index is 0.0537. The molecule has 1 aromatic heterocycles. The third-order valence-corrected chi connectivity index (χ3v) is 12.8. The van der Waals surface area contributed by atoms with Crippen molar-refractivity contribution in [1.29, 1.82) is 0 Å². The van der Waals surface area contributed by atoms with Gasteiger partial charge < -0.3 is 49.4 Å². The van der Waals surface area contributed by atoms with E-state index in [0.29, 0.717) is 19.1 Å². The molecule has 0 amide bonds. The quantitative estimate of drug-likeness (QED) is 0.0548. The summed E-state index contributed by atoms with van der Waals surface area (Å²) in [7, 11) is 5.97. The highest BCUT2D eigenvalue weighted by molar-refractivity contribution is 14.1. The molecule has 1 aromatic carbocycles. The molecule has 0 aliphatic carbocycles. The standard InChI is InChI=1S/C41H69IN4O8/c1-12-25(2)24-46(11)29(6)37(48)41(8,50)40(42)54-38(49)28(5)35(47)27(4)30(7)53-39-36(34(45(9)10)20-26(3)52-39)51-19-15-18-43-22-31-21-32-16-13-14-17-33(32)44-23-31/h13-14,16-17,21,23,25-30,34-37,39-40,43,47-48,50H,12,15,18-20,22,24H2,1-11H3/t25-,26?,27-,28-,29-,30+,34+,35+,36-,37-,39+,40+,41+/m1/s1. The van der Waals surface area contributed by atoms with E-state index in [1.807, 2.05) is 101 Å². The minimum Gasteiger partial charge on any atom is -0.448 e. The van der Waals surface area contributed by atoms with Crippen LogP contribution in [0.2, 0.25) is 0 Å². The van der Waals surface area contributed by atoms with E-state index in [1.165, 1.54) is 6.92 Å². The number of alkyl halides is 1. The first-order valence-corrected chi connectivity index (χ1v) is 20.9. The van der Waals surface area contributed by atoms with Gasteiger partial charge in [-0.2, -0.15) is 0 Å². The van der Waals surface area contributed by atoms with Crippen molar-refractivity contribution in [3.8, 4) is 0 Å². The predicted octanol–water partition coefficient (Wildman–Crippen LogP) is 4.99. The molecule has 12 nitrogen and oxygen atoms in total. The van der Waals surface area contributed by atoms with Gasteiger partial charge >= 0.3 is 5.97 Å². The number of aromatic nitrogens is 1. The van der Waals surface area contributed by atoms with E-state index in [9.17, 15) is 20.1 Å². The summed E-state index contributed by atoms with van der Waals surface area (Å²) in [5.41, 5.74) is 0.381. The van der Waals surface area contributed by atoms with Crippen molar-refractivity contribution < 1.29 is 39.1 Å². The number of halogens is 1. The lowest BCUT2D eigenvalue weighted by Crippen LogP contribution is -2.57. The summed E-state index contributed by atoms with van der Waals surface area (Å²) in [4.78, 5) is 22.0. The first kappa shape index (κ1) is 46.8. The highest BCUT2D eigenvalue weighted by atomic mass is 127. The minimum atomic E-state index is -1.73. The van der Waals surface area contributed by atoms with Crippen LogP contribution in [0.3, 0.4) is 0 Å². The number of fused-ring (bicyclic) bond motifs is 1. The molecule has 0 spiro atoms. The van der Waals surface area contributed by atoms with Gasteiger partial charge in [0.25, 0.3) is 0 Å². The van der Waals surface area contributed by atoms with Gasteiger partial charge in [-0.05, 0) is 121 Å². The average Bonchev–Trinajstić information content (AvgIpc) is 3.14. The Balaban J connectivity index is 1.55. The summed E-state index contributed by atoms with van der Waals surface area (Å²) in [6, 6.07) is 9.92. The molecule has 1 aliphatic heterocycles. The first-order chi connectivity index (χ1) is 25.4. The zero-order valence-electron chi connectivity index (χ0n) is 34.4. The Labute approximate surface area is 337 Å². The highest BCUT2D eigenvalue weighted by Crippen LogP contribution is 2.32. The third kappa shape index (κ3) is 13.0. The molecule has 308 valence electrons. The van der Waals surface area contributed by atoms with Crippen LogP contribution >= 0.6 is 22.6 Å². The van der Waals surface area contributed by atoms with Gasteiger partial charge in [-0.15, -0.1) is 0 Å². The van der Waals surface area contributed by atoms with Crippen LogP contribution < -0.4 is 5.32 Å². The molecule has 13 atom stereocenters. The molecule has 2 aromatic rings. The maximum absolute atomic E-state index is 13.3. The van der Waals surface area contributed by atoms with Gasteiger partial charge in [-0.1, -0.05) is 45.4 Å². The van der Waals surface area contributed by atoms with Crippen molar-refractivity contribution in [2.45, 2.75) is 140 Å². The van der Waals surface area contributed by atoms with Crippen molar-refractivity contribution in [3.05, 3.63) is 42.1 Å². The monoisotopic (exact) mass is 872 g/mol. The Bertz CT molecular complexity index is 1420. The number of pyridine rings is 1. The molecule has 1 aliphatic rings. The largest absolute Gasteiger partial charge is 0.448 e. The van der Waals surface area contributed by atoms with E-state index in [2.05, 4.69) is 41.2 Å². The average molecular weight is 873 g/mol. The van der Waals surface area contributed by atoms with Crippen LogP contribution in [-0.2, 0) is 30.3 Å². The Morgan fingerprint density at radius 1 is 1.15 bits per heavy atom. The lowest BCUT2D eigenvalue weighted by atomic mass is 9.89. The van der Waals surface area contributed by atoms with Gasteiger partial charge in [-0.25, -0.2) is 0 Å². The zero-order chi connectivity index (χ0) is 40.3. The van der Waals surface area contributed by atoms with Gasteiger partial charge in [0, 0.05) is 49.3 Å². The second-order valence-corrected chi connectivity index (χ2v) is 17.2. The maximum Gasteiger partial charge on any atom is 0.312 e. The van der Waals surface area contributed by atoms with Crippen molar-refractivity contribution in [2.24, 2.45) is 17.8 Å². The molecule has 13 heteroatoms. The summed E-state index contributed by atoms with van der Waals surface area (Å²) in [5.74, 6) is -1.64. The van der Waals surface area contributed by atoms with Crippen molar-refractivity contribution in [2.75, 3.05) is 40.8 Å². The van der Waals surface area contributed by atoms with Gasteiger partial charge in [0.05, 0.1) is 29.7 Å². The summed E-state index contributed by atoms with van der Waals surface area (Å²) in [5, 5.41) is 38.4. The van der Waals surface area contributed by atoms with Crippen LogP contribution in [0.1, 0.15) is 80.2 Å². The number of hydrogen-bond donors (Lipinski definition) is 4. The Morgan fingerprint density at radius 2 is 1.83 bits per heavy atom. The summed E-state index contributed by atoms with van der Waals surface area (Å²) >= 11 is 1.84. The fourth-order valence-electron chi connectivity index (χ4n) is 6.87. The number of likely N-dealkylation sites (N-methyl/N-ethyl adjacent to an activating group) is 2. The fraction of sp³-hybridized carbons (Fsp3) is 0.756. The number of carbonyl (C=O) groups excluding carboxylic acids is 1. The predicted molar refractivity (Wildman–Crippen MR) is 221 cm³/mol. The van der Waals surface area contributed by atoms with Crippen LogP contribution in [-0.4, -0.2) is 136 Å². The Kier molecular flexibility index (Phi) is 19.0. The first-order valence-electron chi connectivity index (χ1n) is 19.6. The molecule has 0 radical (unpaired) electrons. The number of ether oxygens (including phenoxy) is 4. The second-order valence-electron chi connectivity index (χ2n) is 16.1. The van der Waals surface area contributed by atoms with E-state index in [-0.39, 0.29) is 24.3 Å². The zero-order valence-corrected chi connectivity index (χ0v) is 36.6. The van der Waals surface area contributed by atoms with E-state index in [1.54, 1.807) is 6.92 Å². The molecule has 0 bridgehead atoms. The number of aliphatic hydroxyl groups excluding tert-OH is 2. The van der Waals surface area contributed by atoms with Crippen molar-refractivity contribution in [3.63, 3.8) is 0 Å². The number of para-hydroxylation sites is 1. The molecule has 1 saturated heterocycles. The van der Waals surface area contributed by atoms with Crippen LogP contribution in [0, 0.1) is 17.8 Å². The van der Waals surface area contributed by atoms with E-state index in [0.717, 1.165) is 48.8 Å². The summed E-state index contributed by atoms with van der Waals surface area (Å²) < 4.78 is 23.9. The number of nitrogens with zero attached hydrogens (tertiary/aromatic N) is 3. The molecule has 54 heavy (non-hydrogen) atoms. The SMILES string of the molecule is CC[C@@H](C)CN(C)[C@H](C)[C@@H](O)[C@](C)(O)[C@@H](I)OC(=O)[C@H](C)[C@@H](O)[C@H](C)[C@H](C)O[C@@H]1OC(C)C[C@H](N(C)C)[C@H]1OCCCNCc1cnc2ccccc2c1. The molecule has 1 unspecified atom stereocenters. The van der Waals surface area contributed by atoms with Crippen molar-refractivity contribution >= 4 is 39.5 Å². The van der Waals surface area contributed by atoms with Crippen molar-refractivity contribution in [1.82, 2.24) is 20.1 Å². The number of esters is 1. The number of rotatable bonds is 22. The van der Waals surface area contributed by atoms with Gasteiger partial charge in [0.2, 0.25) is 0 Å². The lowest BCUT2D eigenvalue weighted by Gasteiger charge is -2.44. The number of hydrogen-bond acceptors (Lipinski definition) is 12. The van der Waals surface area contributed by atoms with E-state index in [4.69, 9.17) is 18.9 Å². The smallest absolute Gasteiger partial charge is 0.312 e. The van der Waals surface area contributed by atoms with Crippen LogP contribution in [0.25, 0.3) is 10.9 Å². The molecule has 4 N–H and O–H groups in total. The third-order valence-electron chi connectivity index (χ3n) is 11.3. The molecular formula is C41H69IN4O8. The molecule has 3 rings (SSSR count). The summed E-state index contributed by atoms with van der Waals surface area (Å²) in [6.07, 6.45) is 0.573. The molecular weight excluding hydrogens is 803 g/mol.